The second-order valence-corrected chi connectivity index (χ2v) is 8.68. The molecular formula is C14H23ClN2O2S. The maximum atomic E-state index is 11.9. The fourth-order valence-corrected chi connectivity index (χ4v) is 3.56. The van der Waals surface area contributed by atoms with Gasteiger partial charge in [0, 0.05) is 24.3 Å². The minimum Gasteiger partial charge on any atom is -0.265 e. The average Bonchev–Trinajstić information content (AvgIpc) is 2.34. The standard InChI is InChI=1S/C14H23ClN2O2S/c1-14(2,3)10-13(15)11-17-20(18,19)9-6-12-4-7-16-8-5-12/h4-5,7-8,13,17H,6,9-11H2,1-3H3. The van der Waals surface area contributed by atoms with Crippen LogP contribution in [0.4, 0.5) is 0 Å². The van der Waals surface area contributed by atoms with Crippen LogP contribution in [0.25, 0.3) is 0 Å². The van der Waals surface area contributed by atoms with E-state index in [4.69, 9.17) is 11.6 Å². The van der Waals surface area contributed by atoms with Crippen LogP contribution >= 0.6 is 11.6 Å². The lowest BCUT2D eigenvalue weighted by Crippen LogP contribution is -2.33. The number of hydrogen-bond acceptors (Lipinski definition) is 3. The predicted molar refractivity (Wildman–Crippen MR) is 83.4 cm³/mol. The third kappa shape index (κ3) is 7.82. The summed E-state index contributed by atoms with van der Waals surface area (Å²) >= 11 is 6.15. The van der Waals surface area contributed by atoms with Crippen LogP contribution in [0, 0.1) is 5.41 Å². The van der Waals surface area contributed by atoms with Gasteiger partial charge in [-0.3, -0.25) is 4.98 Å². The van der Waals surface area contributed by atoms with E-state index in [9.17, 15) is 8.42 Å². The molecule has 1 heterocycles. The molecule has 0 aliphatic heterocycles. The number of aromatic nitrogens is 1. The molecule has 1 aromatic rings. The van der Waals surface area contributed by atoms with Crippen molar-refractivity contribution >= 4 is 21.6 Å². The van der Waals surface area contributed by atoms with Crippen LogP contribution in [0.3, 0.4) is 0 Å². The van der Waals surface area contributed by atoms with E-state index in [0.717, 1.165) is 12.0 Å². The molecule has 1 atom stereocenters. The van der Waals surface area contributed by atoms with Gasteiger partial charge in [0.05, 0.1) is 5.75 Å². The first-order chi connectivity index (χ1) is 9.18. The maximum Gasteiger partial charge on any atom is 0.211 e. The lowest BCUT2D eigenvalue weighted by molar-refractivity contribution is 0.369. The Hall–Kier alpha value is -0.650. The van der Waals surface area contributed by atoms with Crippen molar-refractivity contribution in [1.82, 2.24) is 9.71 Å². The van der Waals surface area contributed by atoms with Crippen LogP contribution in [0.15, 0.2) is 24.5 Å². The third-order valence-corrected chi connectivity index (χ3v) is 4.42. The number of hydrogen-bond donors (Lipinski definition) is 1. The molecule has 0 aliphatic rings. The number of halogens is 1. The first kappa shape index (κ1) is 17.4. The molecule has 1 N–H and O–H groups in total. The van der Waals surface area contributed by atoms with Crippen LogP contribution in [0.2, 0.25) is 0 Å². The summed E-state index contributed by atoms with van der Waals surface area (Å²) in [5.74, 6) is 0.0656. The molecule has 6 heteroatoms. The zero-order chi connectivity index (χ0) is 15.2. The molecule has 0 amide bonds. The lowest BCUT2D eigenvalue weighted by atomic mass is 9.90. The highest BCUT2D eigenvalue weighted by molar-refractivity contribution is 7.89. The van der Waals surface area contributed by atoms with E-state index in [1.165, 1.54) is 0 Å². The van der Waals surface area contributed by atoms with E-state index in [-0.39, 0.29) is 23.1 Å². The van der Waals surface area contributed by atoms with E-state index in [1.54, 1.807) is 12.4 Å². The number of rotatable bonds is 7. The molecule has 20 heavy (non-hydrogen) atoms. The van der Waals surface area contributed by atoms with E-state index in [0.29, 0.717) is 6.42 Å². The molecule has 0 aliphatic carbocycles. The maximum absolute atomic E-state index is 11.9. The van der Waals surface area contributed by atoms with Crippen molar-refractivity contribution in [2.75, 3.05) is 12.3 Å². The number of nitrogens with zero attached hydrogens (tertiary/aromatic N) is 1. The second kappa shape index (κ2) is 7.38. The molecular weight excluding hydrogens is 296 g/mol. The van der Waals surface area contributed by atoms with Crippen LogP contribution in [-0.4, -0.2) is 31.1 Å². The molecule has 0 fully saturated rings. The van der Waals surface area contributed by atoms with E-state index >= 15 is 0 Å². The van der Waals surface area contributed by atoms with Gasteiger partial charge in [-0.25, -0.2) is 13.1 Å². The Balaban J connectivity index is 2.38. The quantitative estimate of drug-likeness (QED) is 0.786. The topological polar surface area (TPSA) is 59.1 Å². The summed E-state index contributed by atoms with van der Waals surface area (Å²) in [6.45, 7) is 6.53. The SMILES string of the molecule is CC(C)(C)CC(Cl)CNS(=O)(=O)CCc1ccncc1. The summed E-state index contributed by atoms with van der Waals surface area (Å²) in [5, 5.41) is -0.189. The zero-order valence-electron chi connectivity index (χ0n) is 12.3. The van der Waals surface area contributed by atoms with Gasteiger partial charge >= 0.3 is 0 Å². The molecule has 1 unspecified atom stereocenters. The predicted octanol–water partition coefficient (Wildman–Crippen LogP) is 2.59. The van der Waals surface area contributed by atoms with Gasteiger partial charge in [-0.2, -0.15) is 0 Å². The Labute approximate surface area is 127 Å². The molecule has 4 nitrogen and oxygen atoms in total. The first-order valence-corrected chi connectivity index (χ1v) is 8.77. The molecule has 114 valence electrons. The van der Waals surface area contributed by atoms with Crippen molar-refractivity contribution in [3.63, 3.8) is 0 Å². The van der Waals surface area contributed by atoms with Crippen molar-refractivity contribution in [2.24, 2.45) is 5.41 Å². The fourth-order valence-electron chi connectivity index (χ4n) is 1.83. The summed E-state index contributed by atoms with van der Waals surface area (Å²) in [6, 6.07) is 3.64. The van der Waals surface area contributed by atoms with Crippen LogP contribution in [-0.2, 0) is 16.4 Å². The van der Waals surface area contributed by atoms with Crippen LogP contribution < -0.4 is 4.72 Å². The molecule has 0 saturated heterocycles. The Morgan fingerprint density at radius 2 is 1.90 bits per heavy atom. The van der Waals surface area contributed by atoms with Gasteiger partial charge in [-0.05, 0) is 36.0 Å². The van der Waals surface area contributed by atoms with E-state index in [1.807, 2.05) is 12.1 Å². The Kier molecular flexibility index (Phi) is 6.43. The number of aryl methyl sites for hydroxylation is 1. The Morgan fingerprint density at radius 1 is 1.30 bits per heavy atom. The molecule has 1 aromatic heterocycles. The first-order valence-electron chi connectivity index (χ1n) is 6.68. The minimum absolute atomic E-state index is 0.0656. The average molecular weight is 319 g/mol. The van der Waals surface area contributed by atoms with Crippen molar-refractivity contribution in [3.8, 4) is 0 Å². The highest BCUT2D eigenvalue weighted by Crippen LogP contribution is 2.23. The molecule has 0 bridgehead atoms. The van der Waals surface area contributed by atoms with Crippen LogP contribution in [0.1, 0.15) is 32.8 Å². The lowest BCUT2D eigenvalue weighted by Gasteiger charge is -2.21. The molecule has 0 saturated carbocycles. The highest BCUT2D eigenvalue weighted by atomic mass is 35.5. The van der Waals surface area contributed by atoms with Crippen LogP contribution in [0.5, 0.6) is 0 Å². The summed E-state index contributed by atoms with van der Waals surface area (Å²) in [4.78, 5) is 3.90. The zero-order valence-corrected chi connectivity index (χ0v) is 13.8. The van der Waals surface area contributed by atoms with Gasteiger partial charge in [-0.1, -0.05) is 20.8 Å². The summed E-state index contributed by atoms with van der Waals surface area (Å²) in [6.07, 6.45) is 4.56. The van der Waals surface area contributed by atoms with Gasteiger partial charge < -0.3 is 0 Å². The van der Waals surface area contributed by atoms with Crippen molar-refractivity contribution in [2.45, 2.75) is 39.0 Å². The summed E-state index contributed by atoms with van der Waals surface area (Å²) < 4.78 is 26.4. The van der Waals surface area contributed by atoms with Gasteiger partial charge in [0.1, 0.15) is 0 Å². The van der Waals surface area contributed by atoms with Crippen molar-refractivity contribution in [3.05, 3.63) is 30.1 Å². The number of alkyl halides is 1. The Bertz CT molecular complexity index is 498. The molecule has 0 radical (unpaired) electrons. The molecule has 0 spiro atoms. The number of sulfonamides is 1. The smallest absolute Gasteiger partial charge is 0.211 e. The molecule has 0 aromatic carbocycles. The van der Waals surface area contributed by atoms with Gasteiger partial charge in [-0.15, -0.1) is 11.6 Å². The highest BCUT2D eigenvalue weighted by Gasteiger charge is 2.19. The largest absolute Gasteiger partial charge is 0.265 e. The summed E-state index contributed by atoms with van der Waals surface area (Å²) in [5.41, 5.74) is 1.05. The monoisotopic (exact) mass is 318 g/mol. The summed E-state index contributed by atoms with van der Waals surface area (Å²) in [7, 11) is -3.29. The minimum atomic E-state index is -3.29. The fraction of sp³-hybridized carbons (Fsp3) is 0.643. The van der Waals surface area contributed by atoms with E-state index < -0.39 is 10.0 Å². The van der Waals surface area contributed by atoms with Gasteiger partial charge in [0.2, 0.25) is 10.0 Å². The molecule has 1 rings (SSSR count). The second-order valence-electron chi connectivity index (χ2n) is 6.13. The Morgan fingerprint density at radius 3 is 2.45 bits per heavy atom. The number of nitrogens with one attached hydrogen (secondary N) is 1. The third-order valence-electron chi connectivity index (χ3n) is 2.77. The number of pyridine rings is 1. The normalized spacial score (nSPS) is 14.2. The van der Waals surface area contributed by atoms with Gasteiger partial charge in [0.15, 0.2) is 0 Å². The van der Waals surface area contributed by atoms with Crippen molar-refractivity contribution < 1.29 is 8.42 Å². The van der Waals surface area contributed by atoms with Gasteiger partial charge in [0.25, 0.3) is 0 Å². The van der Waals surface area contributed by atoms with Crippen molar-refractivity contribution in [1.29, 1.82) is 0 Å². The van der Waals surface area contributed by atoms with E-state index in [2.05, 4.69) is 30.5 Å².